The standard InChI is InChI=1S/C13H17NO4S/c1-18-9-4-7-19-11(9)12(17)14-13(8-10(15)16)5-2-3-6-13/h4,7H,2-3,5-6,8H2,1H3,(H,14,17)(H,15,16). The van der Waals surface area contributed by atoms with Gasteiger partial charge >= 0.3 is 5.97 Å². The van der Waals surface area contributed by atoms with E-state index >= 15 is 0 Å². The average molecular weight is 283 g/mol. The van der Waals surface area contributed by atoms with Crippen LogP contribution in [0.15, 0.2) is 11.4 Å². The molecular weight excluding hydrogens is 266 g/mol. The summed E-state index contributed by atoms with van der Waals surface area (Å²) in [6.07, 6.45) is 3.33. The summed E-state index contributed by atoms with van der Waals surface area (Å²) >= 11 is 1.30. The largest absolute Gasteiger partial charge is 0.495 e. The number of methoxy groups -OCH3 is 1. The lowest BCUT2D eigenvalue weighted by Crippen LogP contribution is -2.47. The van der Waals surface area contributed by atoms with Crippen LogP contribution in [0.5, 0.6) is 5.75 Å². The van der Waals surface area contributed by atoms with E-state index in [0.717, 1.165) is 25.7 Å². The van der Waals surface area contributed by atoms with Crippen LogP contribution in [0.25, 0.3) is 0 Å². The van der Waals surface area contributed by atoms with E-state index in [1.807, 2.05) is 0 Å². The van der Waals surface area contributed by atoms with E-state index in [0.29, 0.717) is 10.6 Å². The first kappa shape index (κ1) is 13.9. The van der Waals surface area contributed by atoms with Crippen LogP contribution in [0, 0.1) is 0 Å². The molecule has 2 N–H and O–H groups in total. The summed E-state index contributed by atoms with van der Waals surface area (Å²) < 4.78 is 5.12. The molecule has 0 bridgehead atoms. The number of rotatable bonds is 5. The summed E-state index contributed by atoms with van der Waals surface area (Å²) in [5.41, 5.74) is -0.599. The molecule has 19 heavy (non-hydrogen) atoms. The number of nitrogens with one attached hydrogen (secondary N) is 1. The summed E-state index contributed by atoms with van der Waals surface area (Å²) in [4.78, 5) is 23.7. The second kappa shape index (κ2) is 5.61. The van der Waals surface area contributed by atoms with E-state index in [9.17, 15) is 9.59 Å². The normalized spacial score (nSPS) is 17.1. The zero-order valence-electron chi connectivity index (χ0n) is 10.8. The molecule has 1 aliphatic rings. The van der Waals surface area contributed by atoms with Gasteiger partial charge in [0.05, 0.1) is 19.1 Å². The van der Waals surface area contributed by atoms with Gasteiger partial charge in [-0.15, -0.1) is 11.3 Å². The van der Waals surface area contributed by atoms with Crippen molar-refractivity contribution < 1.29 is 19.4 Å². The first-order valence-corrected chi connectivity index (χ1v) is 7.10. The summed E-state index contributed by atoms with van der Waals surface area (Å²) in [6.45, 7) is 0. The van der Waals surface area contributed by atoms with E-state index in [4.69, 9.17) is 9.84 Å². The van der Waals surface area contributed by atoms with Gasteiger partial charge in [-0.25, -0.2) is 0 Å². The van der Waals surface area contributed by atoms with Crippen LogP contribution < -0.4 is 10.1 Å². The van der Waals surface area contributed by atoms with E-state index in [2.05, 4.69) is 5.32 Å². The predicted molar refractivity (Wildman–Crippen MR) is 71.8 cm³/mol. The van der Waals surface area contributed by atoms with Gasteiger partial charge in [-0.3, -0.25) is 9.59 Å². The third kappa shape index (κ3) is 3.07. The minimum absolute atomic E-state index is 0.0214. The van der Waals surface area contributed by atoms with Gasteiger partial charge in [0, 0.05) is 0 Å². The van der Waals surface area contributed by atoms with Crippen LogP contribution in [0.1, 0.15) is 41.8 Å². The number of carboxylic acids is 1. The van der Waals surface area contributed by atoms with Crippen LogP contribution in [-0.2, 0) is 4.79 Å². The van der Waals surface area contributed by atoms with Crippen molar-refractivity contribution in [3.63, 3.8) is 0 Å². The van der Waals surface area contributed by atoms with Crippen molar-refractivity contribution in [2.24, 2.45) is 0 Å². The Balaban J connectivity index is 2.13. The second-order valence-electron chi connectivity index (χ2n) is 4.83. The van der Waals surface area contributed by atoms with Crippen molar-refractivity contribution in [1.29, 1.82) is 0 Å². The van der Waals surface area contributed by atoms with Crippen LogP contribution in [0.3, 0.4) is 0 Å². The van der Waals surface area contributed by atoms with E-state index in [1.165, 1.54) is 18.4 Å². The fourth-order valence-electron chi connectivity index (χ4n) is 2.61. The van der Waals surface area contributed by atoms with E-state index < -0.39 is 11.5 Å². The van der Waals surface area contributed by atoms with Gasteiger partial charge in [-0.1, -0.05) is 12.8 Å². The van der Waals surface area contributed by atoms with Crippen molar-refractivity contribution in [3.8, 4) is 5.75 Å². The molecule has 0 aromatic carbocycles. The Morgan fingerprint density at radius 2 is 2.16 bits per heavy atom. The Morgan fingerprint density at radius 1 is 1.47 bits per heavy atom. The number of carbonyl (C=O) groups is 2. The van der Waals surface area contributed by atoms with Gasteiger partial charge in [0.1, 0.15) is 10.6 Å². The number of carboxylic acid groups (broad SMARTS) is 1. The highest BCUT2D eigenvalue weighted by Gasteiger charge is 2.38. The minimum atomic E-state index is -0.875. The molecule has 0 spiro atoms. The molecule has 0 radical (unpaired) electrons. The molecule has 1 aliphatic carbocycles. The van der Waals surface area contributed by atoms with Gasteiger partial charge in [0.2, 0.25) is 0 Å². The highest BCUT2D eigenvalue weighted by molar-refractivity contribution is 7.12. The van der Waals surface area contributed by atoms with Crippen molar-refractivity contribution >= 4 is 23.2 Å². The van der Waals surface area contributed by atoms with Gasteiger partial charge in [0.15, 0.2) is 0 Å². The minimum Gasteiger partial charge on any atom is -0.495 e. The number of carbonyl (C=O) groups excluding carboxylic acids is 1. The lowest BCUT2D eigenvalue weighted by molar-refractivity contribution is -0.138. The zero-order valence-corrected chi connectivity index (χ0v) is 11.6. The van der Waals surface area contributed by atoms with Gasteiger partial charge in [0.25, 0.3) is 5.91 Å². The molecule has 1 saturated carbocycles. The Kier molecular flexibility index (Phi) is 4.09. The quantitative estimate of drug-likeness (QED) is 0.869. The summed E-state index contributed by atoms with van der Waals surface area (Å²) in [5, 5.41) is 13.7. The van der Waals surface area contributed by atoms with Crippen LogP contribution in [0.2, 0.25) is 0 Å². The number of hydrogen-bond acceptors (Lipinski definition) is 4. The molecule has 0 unspecified atom stereocenters. The summed E-state index contributed by atoms with van der Waals surface area (Å²) in [6, 6.07) is 1.73. The lowest BCUT2D eigenvalue weighted by atomic mass is 9.93. The van der Waals surface area contributed by atoms with Gasteiger partial charge in [-0.2, -0.15) is 0 Å². The molecule has 6 heteroatoms. The van der Waals surface area contributed by atoms with Gasteiger partial charge < -0.3 is 15.2 Å². The van der Waals surface area contributed by atoms with Crippen molar-refractivity contribution in [3.05, 3.63) is 16.3 Å². The maximum absolute atomic E-state index is 12.3. The first-order valence-electron chi connectivity index (χ1n) is 6.22. The number of amides is 1. The highest BCUT2D eigenvalue weighted by Crippen LogP contribution is 2.34. The van der Waals surface area contributed by atoms with Crippen LogP contribution in [-0.4, -0.2) is 29.6 Å². The molecule has 1 heterocycles. The number of hydrogen-bond donors (Lipinski definition) is 2. The Hall–Kier alpha value is -1.56. The predicted octanol–water partition coefficient (Wildman–Crippen LogP) is 2.27. The Bertz CT molecular complexity index is 477. The topological polar surface area (TPSA) is 75.6 Å². The monoisotopic (exact) mass is 283 g/mol. The lowest BCUT2D eigenvalue weighted by Gasteiger charge is -2.28. The molecule has 1 aromatic heterocycles. The maximum atomic E-state index is 12.3. The van der Waals surface area contributed by atoms with Gasteiger partial charge in [-0.05, 0) is 24.3 Å². The fraction of sp³-hybridized carbons (Fsp3) is 0.538. The van der Waals surface area contributed by atoms with E-state index in [-0.39, 0.29) is 12.3 Å². The number of thiophene rings is 1. The number of aliphatic carboxylic acids is 1. The third-order valence-corrected chi connectivity index (χ3v) is 4.38. The molecule has 0 aliphatic heterocycles. The van der Waals surface area contributed by atoms with Crippen LogP contribution in [0.4, 0.5) is 0 Å². The molecular formula is C13H17NO4S. The molecule has 1 aromatic rings. The maximum Gasteiger partial charge on any atom is 0.305 e. The average Bonchev–Trinajstić information content (AvgIpc) is 2.96. The molecule has 5 nitrogen and oxygen atoms in total. The third-order valence-electron chi connectivity index (χ3n) is 3.48. The highest BCUT2D eigenvalue weighted by atomic mass is 32.1. The smallest absolute Gasteiger partial charge is 0.305 e. The Labute approximate surface area is 115 Å². The molecule has 0 saturated heterocycles. The molecule has 104 valence electrons. The molecule has 1 fully saturated rings. The van der Waals surface area contributed by atoms with Crippen LogP contribution >= 0.6 is 11.3 Å². The van der Waals surface area contributed by atoms with E-state index in [1.54, 1.807) is 11.4 Å². The van der Waals surface area contributed by atoms with Crippen molar-refractivity contribution in [2.75, 3.05) is 7.11 Å². The number of ether oxygens (including phenoxy) is 1. The molecule has 0 atom stereocenters. The zero-order chi connectivity index (χ0) is 13.9. The Morgan fingerprint density at radius 3 is 2.74 bits per heavy atom. The second-order valence-corrected chi connectivity index (χ2v) is 5.75. The summed E-state index contributed by atoms with van der Waals surface area (Å²) in [7, 11) is 1.52. The van der Waals surface area contributed by atoms with Crippen molar-refractivity contribution in [2.45, 2.75) is 37.6 Å². The molecule has 1 amide bonds. The SMILES string of the molecule is COc1ccsc1C(=O)NC1(CC(=O)O)CCCC1. The fourth-order valence-corrected chi connectivity index (χ4v) is 3.36. The van der Waals surface area contributed by atoms with Crippen molar-refractivity contribution in [1.82, 2.24) is 5.32 Å². The molecule has 2 rings (SSSR count). The summed E-state index contributed by atoms with van der Waals surface area (Å²) in [5.74, 6) is -0.582. The first-order chi connectivity index (χ1) is 9.06.